The summed E-state index contributed by atoms with van der Waals surface area (Å²) in [6.07, 6.45) is 0. The number of carbonyl (C=O) groups is 1. The molecule has 1 aromatic rings. The van der Waals surface area contributed by atoms with Crippen LogP contribution in [0.5, 0.6) is 0 Å². The summed E-state index contributed by atoms with van der Waals surface area (Å²) in [5, 5.41) is 4.92. The second-order valence-corrected chi connectivity index (χ2v) is 4.75. The number of amides is 1. The van der Waals surface area contributed by atoms with Gasteiger partial charge in [-0.2, -0.15) is 0 Å². The second-order valence-electron chi connectivity index (χ2n) is 2.56. The SMILES string of the molecule is O=C1NCCSC1c1cccs1. The molecule has 0 radical (unpaired) electrons. The van der Waals surface area contributed by atoms with Crippen molar-refractivity contribution in [3.8, 4) is 0 Å². The molecule has 1 aliphatic heterocycles. The third-order valence-corrected chi connectivity index (χ3v) is 4.05. The first kappa shape index (κ1) is 8.13. The second kappa shape index (κ2) is 3.49. The van der Waals surface area contributed by atoms with Crippen LogP contribution >= 0.6 is 23.1 Å². The molecule has 2 rings (SSSR count). The van der Waals surface area contributed by atoms with E-state index >= 15 is 0 Å². The Morgan fingerprint density at radius 1 is 1.58 bits per heavy atom. The number of hydrogen-bond acceptors (Lipinski definition) is 3. The molecule has 0 spiro atoms. The molecular formula is C8H9NOS2. The average molecular weight is 199 g/mol. The van der Waals surface area contributed by atoms with Gasteiger partial charge < -0.3 is 5.32 Å². The van der Waals surface area contributed by atoms with Crippen LogP contribution in [-0.2, 0) is 4.79 Å². The van der Waals surface area contributed by atoms with Crippen molar-refractivity contribution in [2.45, 2.75) is 5.25 Å². The maximum absolute atomic E-state index is 11.4. The van der Waals surface area contributed by atoms with Gasteiger partial charge in [-0.25, -0.2) is 0 Å². The highest BCUT2D eigenvalue weighted by Gasteiger charge is 2.24. The molecule has 1 aromatic heterocycles. The van der Waals surface area contributed by atoms with Crippen LogP contribution < -0.4 is 5.32 Å². The maximum Gasteiger partial charge on any atom is 0.238 e. The Bertz CT molecular complexity index is 271. The molecule has 1 atom stereocenters. The van der Waals surface area contributed by atoms with E-state index in [1.165, 1.54) is 0 Å². The van der Waals surface area contributed by atoms with Crippen LogP contribution in [0.1, 0.15) is 10.1 Å². The van der Waals surface area contributed by atoms with Gasteiger partial charge in [-0.15, -0.1) is 23.1 Å². The lowest BCUT2D eigenvalue weighted by Gasteiger charge is -2.19. The summed E-state index contributed by atoms with van der Waals surface area (Å²) in [7, 11) is 0. The highest BCUT2D eigenvalue weighted by molar-refractivity contribution is 8.00. The molecule has 2 heterocycles. The first-order valence-electron chi connectivity index (χ1n) is 3.80. The molecule has 12 heavy (non-hydrogen) atoms. The summed E-state index contributed by atoms with van der Waals surface area (Å²) in [6, 6.07) is 4.01. The summed E-state index contributed by atoms with van der Waals surface area (Å²) in [4.78, 5) is 12.5. The fraction of sp³-hybridized carbons (Fsp3) is 0.375. The number of thiophene rings is 1. The average Bonchev–Trinajstić information content (AvgIpc) is 2.57. The Balaban J connectivity index is 2.17. The largest absolute Gasteiger partial charge is 0.354 e. The van der Waals surface area contributed by atoms with Crippen LogP contribution in [-0.4, -0.2) is 18.2 Å². The van der Waals surface area contributed by atoms with E-state index < -0.39 is 0 Å². The van der Waals surface area contributed by atoms with Crippen molar-refractivity contribution in [1.82, 2.24) is 5.32 Å². The van der Waals surface area contributed by atoms with Crippen molar-refractivity contribution in [3.63, 3.8) is 0 Å². The molecule has 64 valence electrons. The molecule has 4 heteroatoms. The van der Waals surface area contributed by atoms with Gasteiger partial charge in [0, 0.05) is 17.2 Å². The number of hydrogen-bond donors (Lipinski definition) is 1. The van der Waals surface area contributed by atoms with Crippen molar-refractivity contribution in [1.29, 1.82) is 0 Å². The first-order valence-corrected chi connectivity index (χ1v) is 5.73. The van der Waals surface area contributed by atoms with Crippen molar-refractivity contribution in [2.24, 2.45) is 0 Å². The quantitative estimate of drug-likeness (QED) is 0.745. The van der Waals surface area contributed by atoms with Crippen LogP contribution in [0.2, 0.25) is 0 Å². The molecule has 0 aliphatic carbocycles. The van der Waals surface area contributed by atoms with Gasteiger partial charge in [-0.3, -0.25) is 4.79 Å². The van der Waals surface area contributed by atoms with Gasteiger partial charge in [-0.1, -0.05) is 6.07 Å². The Kier molecular flexibility index (Phi) is 2.37. The molecule has 0 aromatic carbocycles. The van der Waals surface area contributed by atoms with Crippen LogP contribution in [0.4, 0.5) is 0 Å². The van der Waals surface area contributed by atoms with E-state index in [2.05, 4.69) is 5.32 Å². The van der Waals surface area contributed by atoms with Gasteiger partial charge in [0.05, 0.1) is 0 Å². The lowest BCUT2D eigenvalue weighted by molar-refractivity contribution is -0.120. The predicted octanol–water partition coefficient (Wildman–Crippen LogP) is 1.65. The van der Waals surface area contributed by atoms with E-state index in [-0.39, 0.29) is 11.2 Å². The van der Waals surface area contributed by atoms with Gasteiger partial charge in [0.2, 0.25) is 5.91 Å². The zero-order chi connectivity index (χ0) is 8.39. The minimum atomic E-state index is 0.0405. The molecule has 2 nitrogen and oxygen atoms in total. The van der Waals surface area contributed by atoms with E-state index in [4.69, 9.17) is 0 Å². The third kappa shape index (κ3) is 1.49. The summed E-state index contributed by atoms with van der Waals surface area (Å²) < 4.78 is 0. The van der Waals surface area contributed by atoms with Crippen LogP contribution in [0.3, 0.4) is 0 Å². The zero-order valence-corrected chi connectivity index (χ0v) is 8.08. The topological polar surface area (TPSA) is 29.1 Å². The van der Waals surface area contributed by atoms with Crippen LogP contribution in [0.25, 0.3) is 0 Å². The van der Waals surface area contributed by atoms with Gasteiger partial charge in [0.15, 0.2) is 0 Å². The van der Waals surface area contributed by atoms with Crippen molar-refractivity contribution >= 4 is 29.0 Å². The smallest absolute Gasteiger partial charge is 0.238 e. The normalized spacial score (nSPS) is 23.7. The number of rotatable bonds is 1. The minimum Gasteiger partial charge on any atom is -0.354 e. The first-order chi connectivity index (χ1) is 5.88. The zero-order valence-electron chi connectivity index (χ0n) is 6.45. The Hall–Kier alpha value is -0.480. The Labute approximate surface area is 79.4 Å². The van der Waals surface area contributed by atoms with Crippen molar-refractivity contribution in [3.05, 3.63) is 22.4 Å². The van der Waals surface area contributed by atoms with Crippen molar-refractivity contribution in [2.75, 3.05) is 12.3 Å². The lowest BCUT2D eigenvalue weighted by atomic mass is 10.3. The molecule has 1 N–H and O–H groups in total. The third-order valence-electron chi connectivity index (χ3n) is 1.73. The van der Waals surface area contributed by atoms with Gasteiger partial charge in [-0.05, 0) is 11.4 Å². The summed E-state index contributed by atoms with van der Waals surface area (Å²) in [6.45, 7) is 0.811. The van der Waals surface area contributed by atoms with Crippen LogP contribution in [0.15, 0.2) is 17.5 Å². The highest BCUT2D eigenvalue weighted by Crippen LogP contribution is 2.33. The molecule has 0 saturated carbocycles. The molecule has 0 bridgehead atoms. The fourth-order valence-corrected chi connectivity index (χ4v) is 3.18. The number of thioether (sulfide) groups is 1. The van der Waals surface area contributed by atoms with Gasteiger partial charge >= 0.3 is 0 Å². The molecule has 1 fully saturated rings. The predicted molar refractivity (Wildman–Crippen MR) is 52.5 cm³/mol. The number of nitrogens with one attached hydrogen (secondary N) is 1. The van der Waals surface area contributed by atoms with E-state index in [0.29, 0.717) is 0 Å². The Morgan fingerprint density at radius 3 is 3.17 bits per heavy atom. The summed E-state index contributed by atoms with van der Waals surface area (Å²) in [5.41, 5.74) is 0. The molecule has 1 saturated heterocycles. The maximum atomic E-state index is 11.4. The van der Waals surface area contributed by atoms with Gasteiger partial charge in [0.25, 0.3) is 0 Å². The summed E-state index contributed by atoms with van der Waals surface area (Å²) in [5.74, 6) is 1.18. The van der Waals surface area contributed by atoms with E-state index in [1.54, 1.807) is 23.1 Å². The molecule has 1 unspecified atom stereocenters. The number of carbonyl (C=O) groups excluding carboxylic acids is 1. The molecule has 1 amide bonds. The van der Waals surface area contributed by atoms with E-state index in [1.807, 2.05) is 17.5 Å². The standard InChI is InChI=1S/C8H9NOS2/c10-8-7(12-5-3-9-8)6-2-1-4-11-6/h1-2,4,7H,3,5H2,(H,9,10). The monoisotopic (exact) mass is 199 g/mol. The summed E-state index contributed by atoms with van der Waals surface area (Å²) >= 11 is 3.38. The minimum absolute atomic E-state index is 0.0405. The van der Waals surface area contributed by atoms with E-state index in [0.717, 1.165) is 17.2 Å². The van der Waals surface area contributed by atoms with Crippen LogP contribution in [0, 0.1) is 0 Å². The lowest BCUT2D eigenvalue weighted by Crippen LogP contribution is -2.34. The molecule has 1 aliphatic rings. The highest BCUT2D eigenvalue weighted by atomic mass is 32.2. The van der Waals surface area contributed by atoms with Crippen molar-refractivity contribution < 1.29 is 4.79 Å². The fourth-order valence-electron chi connectivity index (χ4n) is 1.17. The van der Waals surface area contributed by atoms with Gasteiger partial charge in [0.1, 0.15) is 5.25 Å². The van der Waals surface area contributed by atoms with E-state index in [9.17, 15) is 4.79 Å². The molecular weight excluding hydrogens is 190 g/mol. The Morgan fingerprint density at radius 2 is 2.50 bits per heavy atom.